The summed E-state index contributed by atoms with van der Waals surface area (Å²) in [7, 11) is 0. The first kappa shape index (κ1) is 10.8. The van der Waals surface area contributed by atoms with Gasteiger partial charge in [0.15, 0.2) is 0 Å². The van der Waals surface area contributed by atoms with E-state index in [1.807, 2.05) is 0 Å². The molecule has 0 aromatic heterocycles. The summed E-state index contributed by atoms with van der Waals surface area (Å²) in [5.74, 6) is 0.554. The van der Waals surface area contributed by atoms with Crippen LogP contribution >= 0.6 is 0 Å². The number of benzene rings is 3. The quantitative estimate of drug-likeness (QED) is 0.408. The second-order valence-corrected chi connectivity index (χ2v) is 5.63. The normalized spacial score (nSPS) is 12.2. The van der Waals surface area contributed by atoms with Gasteiger partial charge in [-0.15, -0.1) is 0 Å². The number of fused-ring (bicyclic) bond motifs is 3. The molecule has 0 amide bonds. The van der Waals surface area contributed by atoms with Crippen molar-refractivity contribution in [2.75, 3.05) is 0 Å². The van der Waals surface area contributed by atoms with E-state index in [1.54, 1.807) is 0 Å². The van der Waals surface area contributed by atoms with Gasteiger partial charge in [0.05, 0.1) is 0 Å². The van der Waals surface area contributed by atoms with Crippen molar-refractivity contribution in [1.29, 1.82) is 0 Å². The monoisotopic (exact) mass is 244 g/mol. The summed E-state index contributed by atoms with van der Waals surface area (Å²) < 4.78 is 0. The summed E-state index contributed by atoms with van der Waals surface area (Å²) in [4.78, 5) is 0. The largest absolute Gasteiger partial charge is 0.0616 e. The Morgan fingerprint density at radius 1 is 0.684 bits per heavy atom. The third-order valence-corrected chi connectivity index (χ3v) is 4.19. The Morgan fingerprint density at radius 3 is 2.21 bits per heavy atom. The van der Waals surface area contributed by atoms with Crippen LogP contribution in [0.2, 0.25) is 0 Å². The Labute approximate surface area is 113 Å². The van der Waals surface area contributed by atoms with Gasteiger partial charge in [-0.3, -0.25) is 0 Å². The first-order chi connectivity index (χ1) is 9.27. The first-order valence-electron chi connectivity index (χ1n) is 6.93. The van der Waals surface area contributed by atoms with Crippen molar-refractivity contribution in [2.24, 2.45) is 0 Å². The molecule has 1 aliphatic rings. The van der Waals surface area contributed by atoms with E-state index in [1.165, 1.54) is 38.6 Å². The van der Waals surface area contributed by atoms with E-state index in [2.05, 4.69) is 68.4 Å². The molecule has 0 saturated carbocycles. The maximum absolute atomic E-state index is 2.30. The summed E-state index contributed by atoms with van der Waals surface area (Å²) in [5, 5.41) is 2.79. The molecule has 0 N–H and O–H groups in total. The van der Waals surface area contributed by atoms with Gasteiger partial charge in [0, 0.05) is 0 Å². The van der Waals surface area contributed by atoms with Gasteiger partial charge < -0.3 is 0 Å². The zero-order valence-corrected chi connectivity index (χ0v) is 11.3. The smallest absolute Gasteiger partial charge is 0.00235 e. The van der Waals surface area contributed by atoms with Gasteiger partial charge in [-0.2, -0.15) is 0 Å². The Morgan fingerprint density at radius 2 is 1.42 bits per heavy atom. The molecule has 3 aromatic rings. The average Bonchev–Trinajstić information content (AvgIpc) is 2.77. The van der Waals surface area contributed by atoms with E-state index in [0.717, 1.165) is 0 Å². The second-order valence-electron chi connectivity index (χ2n) is 5.63. The number of hydrogen-bond donors (Lipinski definition) is 0. The highest BCUT2D eigenvalue weighted by Crippen LogP contribution is 2.49. The van der Waals surface area contributed by atoms with Crippen LogP contribution < -0.4 is 0 Å². The molecule has 0 saturated heterocycles. The fraction of sp³-hybridized carbons (Fsp3) is 0.158. The highest BCUT2D eigenvalue weighted by Gasteiger charge is 2.23. The van der Waals surface area contributed by atoms with Crippen LogP contribution in [-0.4, -0.2) is 0 Å². The molecule has 0 heterocycles. The van der Waals surface area contributed by atoms with Crippen LogP contribution in [0.1, 0.15) is 25.3 Å². The molecular weight excluding hydrogens is 228 g/mol. The lowest BCUT2D eigenvalue weighted by atomic mass is 9.91. The van der Waals surface area contributed by atoms with Crippen molar-refractivity contribution < 1.29 is 0 Å². The molecule has 0 unspecified atom stereocenters. The molecule has 0 atom stereocenters. The number of hydrogen-bond acceptors (Lipinski definition) is 0. The van der Waals surface area contributed by atoms with Gasteiger partial charge in [0.2, 0.25) is 0 Å². The van der Waals surface area contributed by atoms with Crippen LogP contribution in [0.5, 0.6) is 0 Å². The average molecular weight is 244 g/mol. The van der Waals surface area contributed by atoms with Crippen LogP contribution in [0.25, 0.3) is 33.0 Å². The molecule has 1 aliphatic carbocycles. The molecule has 4 rings (SSSR count). The molecule has 0 aliphatic heterocycles. The summed E-state index contributed by atoms with van der Waals surface area (Å²) in [5.41, 5.74) is 7.10. The highest BCUT2D eigenvalue weighted by atomic mass is 14.3. The minimum atomic E-state index is 0.554. The molecule has 0 heteroatoms. The van der Waals surface area contributed by atoms with Gasteiger partial charge in [-0.25, -0.2) is 0 Å². The first-order valence-corrected chi connectivity index (χ1v) is 6.93. The summed E-state index contributed by atoms with van der Waals surface area (Å²) in [6.45, 7) is 4.56. The van der Waals surface area contributed by atoms with Crippen molar-refractivity contribution >= 4 is 10.8 Å². The topological polar surface area (TPSA) is 0 Å². The van der Waals surface area contributed by atoms with Crippen LogP contribution in [0, 0.1) is 0 Å². The van der Waals surface area contributed by atoms with Crippen molar-refractivity contribution in [3.05, 3.63) is 60.2 Å². The molecular formula is C19H16. The fourth-order valence-corrected chi connectivity index (χ4v) is 3.33. The molecule has 3 aromatic carbocycles. The molecule has 0 bridgehead atoms. The van der Waals surface area contributed by atoms with Crippen LogP contribution in [-0.2, 0) is 0 Å². The lowest BCUT2D eigenvalue weighted by molar-refractivity contribution is 0.871. The van der Waals surface area contributed by atoms with Crippen molar-refractivity contribution in [2.45, 2.75) is 19.8 Å². The van der Waals surface area contributed by atoms with Crippen molar-refractivity contribution in [3.8, 4) is 22.3 Å². The van der Waals surface area contributed by atoms with Crippen molar-refractivity contribution in [3.63, 3.8) is 0 Å². The lowest BCUT2D eigenvalue weighted by Gasteiger charge is -2.13. The van der Waals surface area contributed by atoms with Crippen molar-refractivity contribution in [1.82, 2.24) is 0 Å². The van der Waals surface area contributed by atoms with Gasteiger partial charge in [0.1, 0.15) is 0 Å². The Kier molecular flexibility index (Phi) is 2.11. The van der Waals surface area contributed by atoms with Gasteiger partial charge >= 0.3 is 0 Å². The van der Waals surface area contributed by atoms with Gasteiger partial charge in [0.25, 0.3) is 0 Å². The molecule has 0 nitrogen and oxygen atoms in total. The maximum atomic E-state index is 2.30. The standard InChI is InChI=1S/C19H16/c1-12(2)14-11-10-13-6-5-9-16-15-7-3-4-8-17(15)19(14)18(13)16/h3-12H,1-2H3. The zero-order valence-electron chi connectivity index (χ0n) is 11.3. The molecule has 92 valence electrons. The Balaban J connectivity index is 2.25. The lowest BCUT2D eigenvalue weighted by Crippen LogP contribution is -1.91. The van der Waals surface area contributed by atoms with E-state index in [4.69, 9.17) is 0 Å². The zero-order chi connectivity index (χ0) is 13.0. The molecule has 0 radical (unpaired) electrons. The molecule has 19 heavy (non-hydrogen) atoms. The number of rotatable bonds is 1. The SMILES string of the molecule is CC(C)c1ccc2cccc3c2c1-c1ccccc1-3. The van der Waals surface area contributed by atoms with E-state index in [0.29, 0.717) is 5.92 Å². The van der Waals surface area contributed by atoms with E-state index in [-0.39, 0.29) is 0 Å². The maximum Gasteiger partial charge on any atom is -0.00235 e. The Hall–Kier alpha value is -2.08. The summed E-state index contributed by atoms with van der Waals surface area (Å²) in [6, 6.07) is 20.0. The van der Waals surface area contributed by atoms with E-state index < -0.39 is 0 Å². The molecule has 0 spiro atoms. The fourth-order valence-electron chi connectivity index (χ4n) is 3.33. The van der Waals surface area contributed by atoms with Crippen LogP contribution in [0.4, 0.5) is 0 Å². The molecule has 0 fully saturated rings. The predicted octanol–water partition coefficient (Wildman–Crippen LogP) is 5.61. The summed E-state index contributed by atoms with van der Waals surface area (Å²) in [6.07, 6.45) is 0. The minimum Gasteiger partial charge on any atom is -0.0616 e. The third kappa shape index (κ3) is 1.34. The van der Waals surface area contributed by atoms with Crippen LogP contribution in [0.3, 0.4) is 0 Å². The van der Waals surface area contributed by atoms with Gasteiger partial charge in [-0.1, -0.05) is 68.4 Å². The predicted molar refractivity (Wildman–Crippen MR) is 82.5 cm³/mol. The van der Waals surface area contributed by atoms with E-state index >= 15 is 0 Å². The van der Waals surface area contributed by atoms with Gasteiger partial charge in [-0.05, 0) is 44.5 Å². The van der Waals surface area contributed by atoms with Crippen LogP contribution in [0.15, 0.2) is 54.6 Å². The Bertz CT molecular complexity index is 794. The summed E-state index contributed by atoms with van der Waals surface area (Å²) >= 11 is 0. The third-order valence-electron chi connectivity index (χ3n) is 4.19. The highest BCUT2D eigenvalue weighted by molar-refractivity contribution is 6.16. The minimum absolute atomic E-state index is 0.554. The van der Waals surface area contributed by atoms with E-state index in [9.17, 15) is 0 Å². The second kappa shape index (κ2) is 3.71.